The summed E-state index contributed by atoms with van der Waals surface area (Å²) < 4.78 is 16.1. The Kier molecular flexibility index (Phi) is 4.71. The Hall–Kier alpha value is -2.18. The lowest BCUT2D eigenvalue weighted by atomic mass is 9.84. The molecule has 0 spiro atoms. The quantitative estimate of drug-likeness (QED) is 0.834. The van der Waals surface area contributed by atoms with Crippen molar-refractivity contribution < 1.29 is 9.18 Å². The minimum absolute atomic E-state index is 0.0298. The summed E-state index contributed by atoms with van der Waals surface area (Å²) in [5.41, 5.74) is 1.24. The Morgan fingerprint density at radius 1 is 1.24 bits per heavy atom. The summed E-state index contributed by atoms with van der Waals surface area (Å²) in [5.74, 6) is -0.0309. The lowest BCUT2D eigenvalue weighted by molar-refractivity contribution is 0.0725. The molecule has 1 saturated heterocycles. The van der Waals surface area contributed by atoms with Crippen LogP contribution in [0.15, 0.2) is 35.1 Å². The molecule has 3 heterocycles. The summed E-state index contributed by atoms with van der Waals surface area (Å²) >= 11 is 6.18. The highest BCUT2D eigenvalue weighted by atomic mass is 35.5. The standard InChI is InChI=1S/C22H23ClFN3O2/c23-18-2-1-3-19(24)17(18)12-26(15-4-5-15)21(28)16-6-7-20-14-8-13(9-25-10-14)11-27(20)22(16)29/h1-3,6-7,13-15,25H,4-5,8-12H2/t13-,14+/m0/s1. The molecular formula is C22H23ClFN3O2. The molecule has 5 rings (SSSR count). The number of piperidine rings is 1. The van der Waals surface area contributed by atoms with E-state index in [1.165, 1.54) is 6.07 Å². The van der Waals surface area contributed by atoms with Crippen LogP contribution in [-0.4, -0.2) is 34.5 Å². The van der Waals surface area contributed by atoms with Gasteiger partial charge in [-0.25, -0.2) is 4.39 Å². The van der Waals surface area contributed by atoms with E-state index in [-0.39, 0.29) is 29.6 Å². The van der Waals surface area contributed by atoms with E-state index in [4.69, 9.17) is 11.6 Å². The van der Waals surface area contributed by atoms with Crippen LogP contribution in [0.1, 0.15) is 46.8 Å². The van der Waals surface area contributed by atoms with E-state index in [9.17, 15) is 14.0 Å². The zero-order valence-electron chi connectivity index (χ0n) is 16.0. The molecule has 2 fully saturated rings. The topological polar surface area (TPSA) is 54.3 Å². The van der Waals surface area contributed by atoms with Crippen LogP contribution in [-0.2, 0) is 13.1 Å². The fourth-order valence-electron chi connectivity index (χ4n) is 4.71. The number of hydrogen-bond acceptors (Lipinski definition) is 3. The van der Waals surface area contributed by atoms with Crippen LogP contribution >= 0.6 is 11.6 Å². The number of fused-ring (bicyclic) bond motifs is 4. The largest absolute Gasteiger partial charge is 0.331 e. The van der Waals surface area contributed by atoms with Gasteiger partial charge in [0.15, 0.2) is 0 Å². The van der Waals surface area contributed by atoms with E-state index in [1.807, 2.05) is 6.07 Å². The van der Waals surface area contributed by atoms with Crippen LogP contribution in [0, 0.1) is 11.7 Å². The monoisotopic (exact) mass is 415 g/mol. The maximum Gasteiger partial charge on any atom is 0.263 e. The number of amides is 1. The fraction of sp³-hybridized carbons (Fsp3) is 0.455. The van der Waals surface area contributed by atoms with Gasteiger partial charge in [-0.1, -0.05) is 17.7 Å². The van der Waals surface area contributed by atoms with Gasteiger partial charge in [-0.3, -0.25) is 9.59 Å². The first-order valence-electron chi connectivity index (χ1n) is 10.2. The molecular weight excluding hydrogens is 393 g/mol. The summed E-state index contributed by atoms with van der Waals surface area (Å²) in [6, 6.07) is 8.12. The van der Waals surface area contributed by atoms with E-state index in [0.717, 1.165) is 38.0 Å². The fourth-order valence-corrected chi connectivity index (χ4v) is 4.94. The third-order valence-corrected chi connectivity index (χ3v) is 6.73. The van der Waals surface area contributed by atoms with Crippen molar-refractivity contribution in [2.45, 2.75) is 44.3 Å². The van der Waals surface area contributed by atoms with Crippen molar-refractivity contribution in [1.29, 1.82) is 0 Å². The van der Waals surface area contributed by atoms with Crippen LogP contribution in [0.3, 0.4) is 0 Å². The lowest BCUT2D eigenvalue weighted by Crippen LogP contribution is -2.46. The highest BCUT2D eigenvalue weighted by Gasteiger charge is 2.37. The Morgan fingerprint density at radius 2 is 2.07 bits per heavy atom. The third-order valence-electron chi connectivity index (χ3n) is 6.38. The summed E-state index contributed by atoms with van der Waals surface area (Å²) in [7, 11) is 0. The summed E-state index contributed by atoms with van der Waals surface area (Å²) in [5, 5.41) is 3.72. The number of aromatic nitrogens is 1. The number of carbonyl (C=O) groups is 1. The van der Waals surface area contributed by atoms with E-state index < -0.39 is 5.82 Å². The second-order valence-electron chi connectivity index (χ2n) is 8.41. The van der Waals surface area contributed by atoms with Crippen LogP contribution in [0.25, 0.3) is 0 Å². The first-order chi connectivity index (χ1) is 14.0. The molecule has 2 atom stereocenters. The molecule has 1 saturated carbocycles. The number of rotatable bonds is 4. The lowest BCUT2D eigenvalue weighted by Gasteiger charge is -2.37. The number of nitrogens with zero attached hydrogens (tertiary/aromatic N) is 2. The van der Waals surface area contributed by atoms with Crippen molar-refractivity contribution >= 4 is 17.5 Å². The number of nitrogens with one attached hydrogen (secondary N) is 1. The molecule has 5 nitrogen and oxygen atoms in total. The molecule has 0 radical (unpaired) electrons. The Bertz CT molecular complexity index is 1010. The van der Waals surface area contributed by atoms with Gasteiger partial charge in [-0.05, 0) is 56.0 Å². The summed E-state index contributed by atoms with van der Waals surface area (Å²) in [6.07, 6.45) is 2.81. The van der Waals surface area contributed by atoms with Gasteiger partial charge in [0.25, 0.3) is 11.5 Å². The van der Waals surface area contributed by atoms with Crippen molar-refractivity contribution in [2.75, 3.05) is 13.1 Å². The number of carbonyl (C=O) groups excluding carboxylic acids is 1. The second kappa shape index (κ2) is 7.26. The van der Waals surface area contributed by atoms with Gasteiger partial charge in [0.2, 0.25) is 0 Å². The zero-order valence-corrected chi connectivity index (χ0v) is 16.8. The molecule has 2 aliphatic heterocycles. The predicted octanol–water partition coefficient (Wildman–Crippen LogP) is 3.15. The Morgan fingerprint density at radius 3 is 2.83 bits per heavy atom. The van der Waals surface area contributed by atoms with Crippen molar-refractivity contribution in [2.24, 2.45) is 5.92 Å². The van der Waals surface area contributed by atoms with Gasteiger partial charge < -0.3 is 14.8 Å². The van der Waals surface area contributed by atoms with Gasteiger partial charge in [0.05, 0.1) is 6.54 Å². The van der Waals surface area contributed by atoms with E-state index in [1.54, 1.807) is 27.7 Å². The average Bonchev–Trinajstić information content (AvgIpc) is 3.54. The van der Waals surface area contributed by atoms with E-state index in [0.29, 0.717) is 29.0 Å². The van der Waals surface area contributed by atoms with Crippen molar-refractivity contribution in [1.82, 2.24) is 14.8 Å². The minimum atomic E-state index is -0.432. The average molecular weight is 416 g/mol. The maximum atomic E-state index is 14.3. The molecule has 0 unspecified atom stereocenters. The van der Waals surface area contributed by atoms with E-state index >= 15 is 0 Å². The number of pyridine rings is 1. The van der Waals surface area contributed by atoms with Crippen molar-refractivity contribution in [3.8, 4) is 0 Å². The van der Waals surface area contributed by atoms with Gasteiger partial charge in [-0.15, -0.1) is 0 Å². The molecule has 1 aromatic carbocycles. The van der Waals surface area contributed by atoms with Crippen LogP contribution in [0.5, 0.6) is 0 Å². The van der Waals surface area contributed by atoms with Crippen molar-refractivity contribution in [3.05, 3.63) is 68.3 Å². The normalized spacial score (nSPS) is 22.8. The highest BCUT2D eigenvalue weighted by molar-refractivity contribution is 6.31. The van der Waals surface area contributed by atoms with Crippen LogP contribution in [0.4, 0.5) is 4.39 Å². The van der Waals surface area contributed by atoms with Gasteiger partial charge >= 0.3 is 0 Å². The Balaban J connectivity index is 1.49. The number of benzene rings is 1. The molecule has 1 aromatic heterocycles. The van der Waals surface area contributed by atoms with Gasteiger partial charge in [-0.2, -0.15) is 0 Å². The molecule has 7 heteroatoms. The summed E-state index contributed by atoms with van der Waals surface area (Å²) in [6.45, 7) is 2.48. The molecule has 1 aliphatic carbocycles. The predicted molar refractivity (Wildman–Crippen MR) is 109 cm³/mol. The first kappa shape index (κ1) is 18.8. The molecule has 152 valence electrons. The minimum Gasteiger partial charge on any atom is -0.331 e. The molecule has 1 N–H and O–H groups in total. The SMILES string of the molecule is O=C(c1ccc2n(c1=O)C[C@@H]1CNC[C@H]2C1)N(Cc1c(F)cccc1Cl)C1CC1. The first-order valence-corrected chi connectivity index (χ1v) is 10.6. The molecule has 3 aliphatic rings. The maximum absolute atomic E-state index is 14.3. The summed E-state index contributed by atoms with van der Waals surface area (Å²) in [4.78, 5) is 28.2. The number of hydrogen-bond donors (Lipinski definition) is 1. The van der Waals surface area contributed by atoms with Gasteiger partial charge in [0.1, 0.15) is 11.4 Å². The second-order valence-corrected chi connectivity index (χ2v) is 8.82. The third kappa shape index (κ3) is 3.38. The number of halogens is 2. The molecule has 29 heavy (non-hydrogen) atoms. The Labute approximate surface area is 173 Å². The molecule has 2 aromatic rings. The van der Waals surface area contributed by atoms with Crippen LogP contribution in [0.2, 0.25) is 5.02 Å². The smallest absolute Gasteiger partial charge is 0.263 e. The van der Waals surface area contributed by atoms with Gasteiger partial charge in [0, 0.05) is 41.3 Å². The molecule has 1 amide bonds. The van der Waals surface area contributed by atoms with E-state index in [2.05, 4.69) is 5.32 Å². The zero-order chi connectivity index (χ0) is 20.1. The highest BCUT2D eigenvalue weighted by Crippen LogP contribution is 2.34. The van der Waals surface area contributed by atoms with Crippen molar-refractivity contribution in [3.63, 3.8) is 0 Å². The molecule has 2 bridgehead atoms. The van der Waals surface area contributed by atoms with Crippen LogP contribution < -0.4 is 10.9 Å².